The van der Waals surface area contributed by atoms with Crippen LogP contribution in [0.2, 0.25) is 0 Å². The third kappa shape index (κ3) is 3.20. The molecule has 0 aliphatic rings. The van der Waals surface area contributed by atoms with Crippen LogP contribution in [-0.2, 0) is 4.79 Å². The summed E-state index contributed by atoms with van der Waals surface area (Å²) in [6.45, 7) is 2.66. The first kappa shape index (κ1) is 14.0. The van der Waals surface area contributed by atoms with Gasteiger partial charge in [-0.2, -0.15) is 5.26 Å². The summed E-state index contributed by atoms with van der Waals surface area (Å²) in [6, 6.07) is 6.28. The topological polar surface area (TPSA) is 56.1 Å². The third-order valence-electron chi connectivity index (χ3n) is 2.55. The Morgan fingerprint density at radius 2 is 2.28 bits per heavy atom. The van der Waals surface area contributed by atoms with E-state index < -0.39 is 5.82 Å². The summed E-state index contributed by atoms with van der Waals surface area (Å²) in [5.41, 5.74) is 0.442. The average Bonchev–Trinajstić information content (AvgIpc) is 2.37. The van der Waals surface area contributed by atoms with E-state index in [2.05, 4.69) is 5.32 Å². The number of carbonyl (C=O) groups excluding carboxylic acids is 1. The van der Waals surface area contributed by atoms with E-state index in [1.807, 2.05) is 13.0 Å². The summed E-state index contributed by atoms with van der Waals surface area (Å²) >= 11 is 0. The maximum atomic E-state index is 13.5. The molecule has 0 spiro atoms. The molecule has 1 amide bonds. The van der Waals surface area contributed by atoms with Gasteiger partial charge in [-0.1, -0.05) is 13.0 Å². The molecule has 0 aliphatic carbocycles. The molecule has 0 saturated carbocycles. The molecule has 1 N–H and O–H groups in total. The highest BCUT2D eigenvalue weighted by Crippen LogP contribution is 2.22. The quantitative estimate of drug-likeness (QED) is 0.863. The molecule has 0 atom stereocenters. The van der Waals surface area contributed by atoms with Crippen molar-refractivity contribution in [3.63, 3.8) is 0 Å². The Labute approximate surface area is 106 Å². The minimum atomic E-state index is -0.562. The standard InChI is InChI=1S/C13H16FN3O/c1-3-7-17(9-13(18)16-2)12-6-4-5-11(14)10(12)8-15/h4-6H,3,7,9H2,1-2H3,(H,16,18). The SMILES string of the molecule is CCCN(CC(=O)NC)c1cccc(F)c1C#N. The van der Waals surface area contributed by atoms with Crippen LogP contribution in [-0.4, -0.2) is 26.0 Å². The van der Waals surface area contributed by atoms with E-state index in [0.717, 1.165) is 6.42 Å². The van der Waals surface area contributed by atoms with Gasteiger partial charge in [-0.25, -0.2) is 4.39 Å². The first-order valence-corrected chi connectivity index (χ1v) is 5.78. The van der Waals surface area contributed by atoms with Gasteiger partial charge in [0, 0.05) is 13.6 Å². The summed E-state index contributed by atoms with van der Waals surface area (Å²) in [5, 5.41) is 11.5. The summed E-state index contributed by atoms with van der Waals surface area (Å²) in [5.74, 6) is -0.732. The summed E-state index contributed by atoms with van der Waals surface area (Å²) in [7, 11) is 1.54. The molecule has 1 rings (SSSR count). The van der Waals surface area contributed by atoms with Crippen molar-refractivity contribution in [2.45, 2.75) is 13.3 Å². The van der Waals surface area contributed by atoms with Crippen LogP contribution >= 0.6 is 0 Å². The van der Waals surface area contributed by atoms with E-state index >= 15 is 0 Å². The smallest absolute Gasteiger partial charge is 0.239 e. The number of halogens is 1. The van der Waals surface area contributed by atoms with Gasteiger partial charge in [-0.3, -0.25) is 4.79 Å². The Morgan fingerprint density at radius 3 is 2.83 bits per heavy atom. The fourth-order valence-corrected chi connectivity index (χ4v) is 1.69. The zero-order chi connectivity index (χ0) is 13.5. The number of nitrogens with one attached hydrogen (secondary N) is 1. The van der Waals surface area contributed by atoms with Gasteiger partial charge in [0.15, 0.2) is 0 Å². The van der Waals surface area contributed by atoms with Crippen LogP contribution in [0.5, 0.6) is 0 Å². The fourth-order valence-electron chi connectivity index (χ4n) is 1.69. The van der Waals surface area contributed by atoms with E-state index in [1.54, 1.807) is 18.0 Å². The lowest BCUT2D eigenvalue weighted by Gasteiger charge is -2.24. The Balaban J connectivity index is 3.09. The molecule has 1 aromatic rings. The molecule has 1 aromatic carbocycles. The third-order valence-corrected chi connectivity index (χ3v) is 2.55. The lowest BCUT2D eigenvalue weighted by Crippen LogP contribution is -2.36. The lowest BCUT2D eigenvalue weighted by atomic mass is 10.1. The van der Waals surface area contributed by atoms with Crippen LogP contribution in [0, 0.1) is 17.1 Å². The van der Waals surface area contributed by atoms with Gasteiger partial charge in [-0.05, 0) is 18.6 Å². The summed E-state index contributed by atoms with van der Waals surface area (Å²) in [6.07, 6.45) is 0.804. The highest BCUT2D eigenvalue weighted by Gasteiger charge is 2.16. The predicted molar refractivity (Wildman–Crippen MR) is 67.7 cm³/mol. The number of carbonyl (C=O) groups is 1. The molecular formula is C13H16FN3O. The number of likely N-dealkylation sites (N-methyl/N-ethyl adjacent to an activating group) is 1. The minimum absolute atomic E-state index is 0.0187. The monoisotopic (exact) mass is 249 g/mol. The van der Waals surface area contributed by atoms with Crippen molar-refractivity contribution in [2.75, 3.05) is 25.0 Å². The van der Waals surface area contributed by atoms with Crippen molar-refractivity contribution in [1.29, 1.82) is 5.26 Å². The largest absolute Gasteiger partial charge is 0.361 e. The van der Waals surface area contributed by atoms with Crippen LogP contribution in [0.1, 0.15) is 18.9 Å². The second kappa shape index (κ2) is 6.60. The van der Waals surface area contributed by atoms with Gasteiger partial charge in [-0.15, -0.1) is 0 Å². The zero-order valence-corrected chi connectivity index (χ0v) is 10.5. The van der Waals surface area contributed by atoms with Gasteiger partial charge in [0.25, 0.3) is 0 Å². The van der Waals surface area contributed by atoms with Gasteiger partial charge in [0.2, 0.25) is 5.91 Å². The first-order valence-electron chi connectivity index (χ1n) is 5.78. The van der Waals surface area contributed by atoms with Crippen molar-refractivity contribution in [1.82, 2.24) is 5.32 Å². The highest BCUT2D eigenvalue weighted by molar-refractivity contribution is 5.81. The number of anilines is 1. The number of hydrogen-bond donors (Lipinski definition) is 1. The van der Waals surface area contributed by atoms with Gasteiger partial charge >= 0.3 is 0 Å². The number of rotatable bonds is 5. The Kier molecular flexibility index (Phi) is 5.12. The first-order chi connectivity index (χ1) is 8.63. The van der Waals surface area contributed by atoms with Crippen molar-refractivity contribution >= 4 is 11.6 Å². The lowest BCUT2D eigenvalue weighted by molar-refractivity contribution is -0.119. The Hall–Kier alpha value is -2.09. The van der Waals surface area contributed by atoms with E-state index in [4.69, 9.17) is 5.26 Å². The van der Waals surface area contributed by atoms with Crippen molar-refractivity contribution < 1.29 is 9.18 Å². The van der Waals surface area contributed by atoms with Gasteiger partial charge in [0.05, 0.1) is 12.2 Å². The molecule has 4 nitrogen and oxygen atoms in total. The second-order valence-corrected chi connectivity index (χ2v) is 3.84. The molecule has 0 aliphatic heterocycles. The van der Waals surface area contributed by atoms with E-state index in [1.165, 1.54) is 12.1 Å². The van der Waals surface area contributed by atoms with Crippen LogP contribution < -0.4 is 10.2 Å². The van der Waals surface area contributed by atoms with Crippen LogP contribution in [0.3, 0.4) is 0 Å². The molecule has 0 fully saturated rings. The maximum absolute atomic E-state index is 13.5. The molecule has 0 saturated heterocycles. The molecule has 0 aromatic heterocycles. The molecule has 18 heavy (non-hydrogen) atoms. The molecule has 0 heterocycles. The highest BCUT2D eigenvalue weighted by atomic mass is 19.1. The predicted octanol–water partition coefficient (Wildman–Crippen LogP) is 1.66. The average molecular weight is 249 g/mol. The normalized spacial score (nSPS) is 9.67. The van der Waals surface area contributed by atoms with Crippen LogP contribution in [0.4, 0.5) is 10.1 Å². The number of nitriles is 1. The molecule has 0 radical (unpaired) electrons. The zero-order valence-electron chi connectivity index (χ0n) is 10.5. The van der Waals surface area contributed by atoms with E-state index in [9.17, 15) is 9.18 Å². The van der Waals surface area contributed by atoms with Crippen molar-refractivity contribution in [3.8, 4) is 6.07 Å². The summed E-state index contributed by atoms with van der Waals surface area (Å²) in [4.78, 5) is 13.1. The molecular weight excluding hydrogens is 233 g/mol. The Bertz CT molecular complexity index is 468. The molecule has 0 bridgehead atoms. The number of nitrogens with zero attached hydrogens (tertiary/aromatic N) is 2. The van der Waals surface area contributed by atoms with Crippen LogP contribution in [0.15, 0.2) is 18.2 Å². The minimum Gasteiger partial charge on any atom is -0.361 e. The van der Waals surface area contributed by atoms with Crippen LogP contribution in [0.25, 0.3) is 0 Å². The van der Waals surface area contributed by atoms with Gasteiger partial charge in [0.1, 0.15) is 17.4 Å². The van der Waals surface area contributed by atoms with E-state index in [-0.39, 0.29) is 18.0 Å². The number of hydrogen-bond acceptors (Lipinski definition) is 3. The number of benzene rings is 1. The summed E-state index contributed by atoms with van der Waals surface area (Å²) < 4.78 is 13.5. The fraction of sp³-hybridized carbons (Fsp3) is 0.385. The Morgan fingerprint density at radius 1 is 1.56 bits per heavy atom. The molecule has 96 valence electrons. The molecule has 5 heteroatoms. The second-order valence-electron chi connectivity index (χ2n) is 3.84. The molecule has 0 unspecified atom stereocenters. The van der Waals surface area contributed by atoms with Crippen molar-refractivity contribution in [3.05, 3.63) is 29.6 Å². The van der Waals surface area contributed by atoms with Crippen molar-refractivity contribution in [2.24, 2.45) is 0 Å². The maximum Gasteiger partial charge on any atom is 0.239 e. The number of amides is 1. The van der Waals surface area contributed by atoms with Gasteiger partial charge < -0.3 is 10.2 Å². The van der Waals surface area contributed by atoms with E-state index in [0.29, 0.717) is 12.2 Å².